The van der Waals surface area contributed by atoms with Crippen molar-refractivity contribution < 1.29 is 9.63 Å². The van der Waals surface area contributed by atoms with Gasteiger partial charge < -0.3 is 0 Å². The molecule has 2 heterocycles. The number of rotatable bonds is 3. The van der Waals surface area contributed by atoms with E-state index in [0.717, 1.165) is 38.1 Å². The van der Waals surface area contributed by atoms with E-state index in [1.54, 1.807) is 29.7 Å². The van der Waals surface area contributed by atoms with Crippen LogP contribution in [-0.4, -0.2) is 22.1 Å². The van der Waals surface area contributed by atoms with Crippen LogP contribution in [0.2, 0.25) is 0 Å². The van der Waals surface area contributed by atoms with Gasteiger partial charge in [-0.3, -0.25) is 19.0 Å². The molecule has 0 saturated heterocycles. The van der Waals surface area contributed by atoms with Gasteiger partial charge in [0.1, 0.15) is 5.82 Å². The van der Waals surface area contributed by atoms with E-state index in [4.69, 9.17) is 4.84 Å². The van der Waals surface area contributed by atoms with Gasteiger partial charge in [0, 0.05) is 18.5 Å². The van der Waals surface area contributed by atoms with Crippen LogP contribution in [-0.2, 0) is 17.8 Å². The summed E-state index contributed by atoms with van der Waals surface area (Å²) in [6.07, 6.45) is 5.18. The summed E-state index contributed by atoms with van der Waals surface area (Å²) in [5.41, 5.74) is 3.36. The monoisotopic (exact) mass is 315 g/mol. The number of hydrogen-bond acceptors (Lipinski definition) is 4. The first kappa shape index (κ1) is 15.7. The molecule has 0 saturated carbocycles. The van der Waals surface area contributed by atoms with Crippen LogP contribution < -0.4 is 11.0 Å². The van der Waals surface area contributed by atoms with Gasteiger partial charge in [0.2, 0.25) is 0 Å². The molecule has 3 rings (SSSR count). The van der Waals surface area contributed by atoms with Gasteiger partial charge >= 0.3 is 0 Å². The topological polar surface area (TPSA) is 73.2 Å². The lowest BCUT2D eigenvalue weighted by molar-refractivity contribution is 0.0364. The highest BCUT2D eigenvalue weighted by Crippen LogP contribution is 2.16. The second-order valence-electron chi connectivity index (χ2n) is 5.75. The third-order valence-corrected chi connectivity index (χ3v) is 4.14. The average molecular weight is 315 g/mol. The molecule has 1 amide bonds. The lowest BCUT2D eigenvalue weighted by Crippen LogP contribution is -2.27. The molecule has 122 valence electrons. The zero-order valence-corrected chi connectivity index (χ0v) is 13.3. The van der Waals surface area contributed by atoms with Crippen molar-refractivity contribution in [2.45, 2.75) is 45.6 Å². The van der Waals surface area contributed by atoms with Crippen molar-refractivity contribution in [2.24, 2.45) is 0 Å². The first-order chi connectivity index (χ1) is 11.2. The van der Waals surface area contributed by atoms with E-state index in [0.29, 0.717) is 23.1 Å². The Kier molecular flexibility index (Phi) is 4.71. The van der Waals surface area contributed by atoms with Crippen LogP contribution in [0, 0.1) is 0 Å². The fraction of sp³-hybridized carbons (Fsp3) is 0.471. The van der Waals surface area contributed by atoms with Crippen LogP contribution in [0.4, 0.5) is 0 Å². The number of benzene rings is 1. The van der Waals surface area contributed by atoms with Crippen molar-refractivity contribution in [3.8, 4) is 0 Å². The van der Waals surface area contributed by atoms with Crippen molar-refractivity contribution in [3.05, 3.63) is 39.9 Å². The van der Waals surface area contributed by atoms with Gasteiger partial charge in [0.25, 0.3) is 11.5 Å². The molecule has 1 N–H and O–H groups in total. The van der Waals surface area contributed by atoms with Crippen LogP contribution in [0.1, 0.15) is 48.8 Å². The number of carbonyl (C=O) groups is 1. The summed E-state index contributed by atoms with van der Waals surface area (Å²) in [5.74, 6) is 0.493. The van der Waals surface area contributed by atoms with Gasteiger partial charge in [0.15, 0.2) is 0 Å². The maximum Gasteiger partial charge on any atom is 0.274 e. The summed E-state index contributed by atoms with van der Waals surface area (Å²) in [6.45, 7) is 2.91. The number of hydroxylamine groups is 1. The quantitative estimate of drug-likeness (QED) is 0.881. The highest BCUT2D eigenvalue weighted by molar-refractivity contribution is 5.97. The summed E-state index contributed by atoms with van der Waals surface area (Å²) >= 11 is 0. The Morgan fingerprint density at radius 3 is 2.96 bits per heavy atom. The van der Waals surface area contributed by atoms with Crippen molar-refractivity contribution in [1.29, 1.82) is 0 Å². The van der Waals surface area contributed by atoms with Crippen LogP contribution in [0.5, 0.6) is 0 Å². The van der Waals surface area contributed by atoms with Gasteiger partial charge in [0.05, 0.1) is 17.5 Å². The van der Waals surface area contributed by atoms with Crippen molar-refractivity contribution in [3.63, 3.8) is 0 Å². The van der Waals surface area contributed by atoms with Crippen LogP contribution in [0.3, 0.4) is 0 Å². The van der Waals surface area contributed by atoms with Gasteiger partial charge in [-0.05, 0) is 38.0 Å². The minimum atomic E-state index is -0.331. The predicted octanol–water partition coefficient (Wildman–Crippen LogP) is 2.19. The Labute approximate surface area is 134 Å². The van der Waals surface area contributed by atoms with Crippen LogP contribution >= 0.6 is 0 Å². The van der Waals surface area contributed by atoms with E-state index in [1.165, 1.54) is 6.42 Å². The molecule has 6 heteroatoms. The summed E-state index contributed by atoms with van der Waals surface area (Å²) in [6, 6.07) is 4.97. The number of amides is 1. The number of carbonyl (C=O) groups excluding carboxylic acids is 1. The third kappa shape index (κ3) is 3.27. The molecular formula is C17H21N3O3. The molecule has 0 spiro atoms. The zero-order chi connectivity index (χ0) is 16.2. The summed E-state index contributed by atoms with van der Waals surface area (Å²) in [4.78, 5) is 34.2. The van der Waals surface area contributed by atoms with Crippen LogP contribution in [0.15, 0.2) is 23.0 Å². The Morgan fingerprint density at radius 2 is 2.13 bits per heavy atom. The minimum Gasteiger partial charge on any atom is -0.296 e. The van der Waals surface area contributed by atoms with Crippen molar-refractivity contribution in [2.75, 3.05) is 6.61 Å². The van der Waals surface area contributed by atoms with Crippen molar-refractivity contribution in [1.82, 2.24) is 15.0 Å². The molecule has 0 fully saturated rings. The van der Waals surface area contributed by atoms with Gasteiger partial charge in [-0.2, -0.15) is 0 Å². The average Bonchev–Trinajstić information content (AvgIpc) is 2.54. The van der Waals surface area contributed by atoms with Crippen molar-refractivity contribution >= 4 is 16.8 Å². The number of nitrogens with zero attached hydrogens (tertiary/aromatic N) is 2. The molecular weight excluding hydrogens is 294 g/mol. The first-order valence-corrected chi connectivity index (χ1v) is 8.16. The van der Waals surface area contributed by atoms with E-state index in [2.05, 4.69) is 10.5 Å². The maximum absolute atomic E-state index is 12.7. The number of nitrogens with one attached hydrogen (secondary N) is 1. The summed E-state index contributed by atoms with van der Waals surface area (Å²) < 4.78 is 1.79. The SMILES string of the molecule is CCONC(=O)c1ccc2c(=O)n3c(nc2c1)CCCCCC3. The summed E-state index contributed by atoms with van der Waals surface area (Å²) in [7, 11) is 0. The normalized spacial score (nSPS) is 14.8. The Hall–Kier alpha value is -2.21. The van der Waals surface area contributed by atoms with Crippen LogP contribution in [0.25, 0.3) is 10.9 Å². The molecule has 6 nitrogen and oxygen atoms in total. The molecule has 0 radical (unpaired) electrons. The first-order valence-electron chi connectivity index (χ1n) is 8.16. The second kappa shape index (κ2) is 6.91. The number of aromatic nitrogens is 2. The maximum atomic E-state index is 12.7. The molecule has 1 aliphatic rings. The van der Waals surface area contributed by atoms with Gasteiger partial charge in [-0.25, -0.2) is 10.5 Å². The standard InChI is InChI=1S/C17H21N3O3/c1-2-23-19-16(21)12-8-9-13-14(11-12)18-15-7-5-3-4-6-10-20(15)17(13)22/h8-9,11H,2-7,10H2,1H3,(H,19,21). The largest absolute Gasteiger partial charge is 0.296 e. The Balaban J connectivity index is 2.04. The van der Waals surface area contributed by atoms with Gasteiger partial charge in [-0.15, -0.1) is 0 Å². The Bertz CT molecular complexity index is 782. The molecule has 0 bridgehead atoms. The second-order valence-corrected chi connectivity index (χ2v) is 5.75. The molecule has 1 aromatic heterocycles. The minimum absolute atomic E-state index is 0.0105. The smallest absolute Gasteiger partial charge is 0.274 e. The molecule has 1 aromatic carbocycles. The van der Waals surface area contributed by atoms with E-state index in [-0.39, 0.29) is 11.5 Å². The highest BCUT2D eigenvalue weighted by atomic mass is 16.6. The number of fused-ring (bicyclic) bond motifs is 2. The highest BCUT2D eigenvalue weighted by Gasteiger charge is 2.14. The number of aryl methyl sites for hydroxylation is 1. The van der Waals surface area contributed by atoms with Gasteiger partial charge in [-0.1, -0.05) is 12.8 Å². The van der Waals surface area contributed by atoms with E-state index >= 15 is 0 Å². The lowest BCUT2D eigenvalue weighted by Gasteiger charge is -2.16. The molecule has 0 aliphatic carbocycles. The summed E-state index contributed by atoms with van der Waals surface area (Å²) in [5, 5.41) is 0.558. The molecule has 1 aliphatic heterocycles. The van der Waals surface area contributed by atoms with E-state index in [9.17, 15) is 9.59 Å². The van der Waals surface area contributed by atoms with E-state index in [1.807, 2.05) is 0 Å². The fourth-order valence-electron chi connectivity index (χ4n) is 2.93. The number of hydrogen-bond donors (Lipinski definition) is 1. The zero-order valence-electron chi connectivity index (χ0n) is 13.3. The molecule has 0 unspecified atom stereocenters. The lowest BCUT2D eigenvalue weighted by atomic mass is 10.1. The third-order valence-electron chi connectivity index (χ3n) is 4.14. The molecule has 23 heavy (non-hydrogen) atoms. The molecule has 0 atom stereocenters. The predicted molar refractivity (Wildman–Crippen MR) is 87.3 cm³/mol. The Morgan fingerprint density at radius 1 is 1.30 bits per heavy atom. The fourth-order valence-corrected chi connectivity index (χ4v) is 2.93. The van der Waals surface area contributed by atoms with E-state index < -0.39 is 0 Å². The molecule has 2 aromatic rings.